The number of aromatic nitrogens is 4. The maximum atomic E-state index is 13.9. The van der Waals surface area contributed by atoms with Crippen molar-refractivity contribution in [3.8, 4) is 17.5 Å². The highest BCUT2D eigenvalue weighted by molar-refractivity contribution is 7.99. The van der Waals surface area contributed by atoms with Gasteiger partial charge in [0.2, 0.25) is 0 Å². The zero-order valence-electron chi connectivity index (χ0n) is 11.6. The van der Waals surface area contributed by atoms with Crippen molar-refractivity contribution in [2.75, 3.05) is 0 Å². The lowest BCUT2D eigenvalue weighted by Crippen LogP contribution is -1.97. The SMILES string of the molecule is Cn1c(Sc2cccc(C#N)n2)nnc1-c1ccccc1F. The number of nitriles is 1. The Balaban J connectivity index is 1.94. The summed E-state index contributed by atoms with van der Waals surface area (Å²) >= 11 is 1.27. The van der Waals surface area contributed by atoms with Gasteiger partial charge in [-0.25, -0.2) is 9.37 Å². The molecule has 7 heteroatoms. The Kier molecular flexibility index (Phi) is 3.85. The van der Waals surface area contributed by atoms with Crippen molar-refractivity contribution in [1.82, 2.24) is 19.7 Å². The van der Waals surface area contributed by atoms with Crippen LogP contribution in [0.1, 0.15) is 5.69 Å². The van der Waals surface area contributed by atoms with E-state index in [2.05, 4.69) is 15.2 Å². The number of rotatable bonds is 3. The molecular weight excluding hydrogens is 301 g/mol. The molecule has 5 nitrogen and oxygen atoms in total. The Hall–Kier alpha value is -2.72. The van der Waals surface area contributed by atoms with E-state index in [1.165, 1.54) is 17.8 Å². The first kappa shape index (κ1) is 14.2. The maximum absolute atomic E-state index is 13.9. The van der Waals surface area contributed by atoms with Crippen molar-refractivity contribution in [2.45, 2.75) is 10.2 Å². The highest BCUT2D eigenvalue weighted by Gasteiger charge is 2.15. The number of nitrogens with zero attached hydrogens (tertiary/aromatic N) is 5. The van der Waals surface area contributed by atoms with E-state index >= 15 is 0 Å². The van der Waals surface area contributed by atoms with E-state index in [-0.39, 0.29) is 5.82 Å². The standard InChI is InChI=1S/C15H10FN5S/c1-21-14(11-6-2-3-7-12(11)16)19-20-15(21)22-13-8-4-5-10(9-17)18-13/h2-8H,1H3. The largest absolute Gasteiger partial charge is 0.305 e. The van der Waals surface area contributed by atoms with Gasteiger partial charge in [0.25, 0.3) is 0 Å². The summed E-state index contributed by atoms with van der Waals surface area (Å²) < 4.78 is 15.6. The second-order valence-electron chi connectivity index (χ2n) is 4.42. The van der Waals surface area contributed by atoms with E-state index in [4.69, 9.17) is 5.26 Å². The van der Waals surface area contributed by atoms with E-state index in [0.29, 0.717) is 27.3 Å². The second kappa shape index (κ2) is 5.95. The van der Waals surface area contributed by atoms with Crippen LogP contribution in [-0.2, 0) is 7.05 Å². The molecule has 3 aromatic rings. The fourth-order valence-corrected chi connectivity index (χ4v) is 2.69. The molecule has 1 aromatic carbocycles. The van der Waals surface area contributed by atoms with Crippen LogP contribution < -0.4 is 0 Å². The van der Waals surface area contributed by atoms with Gasteiger partial charge in [0.1, 0.15) is 22.6 Å². The summed E-state index contributed by atoms with van der Waals surface area (Å²) in [5.74, 6) is 0.0937. The van der Waals surface area contributed by atoms with Gasteiger partial charge in [-0.3, -0.25) is 0 Å². The predicted molar refractivity (Wildman–Crippen MR) is 79.5 cm³/mol. The topological polar surface area (TPSA) is 67.4 Å². The van der Waals surface area contributed by atoms with Gasteiger partial charge < -0.3 is 4.57 Å². The summed E-state index contributed by atoms with van der Waals surface area (Å²) in [5.41, 5.74) is 0.726. The van der Waals surface area contributed by atoms with Crippen molar-refractivity contribution < 1.29 is 4.39 Å². The molecule has 0 N–H and O–H groups in total. The minimum Gasteiger partial charge on any atom is -0.305 e. The first-order valence-corrected chi connectivity index (χ1v) is 7.20. The second-order valence-corrected chi connectivity index (χ2v) is 5.41. The molecule has 0 bridgehead atoms. The van der Waals surface area contributed by atoms with Crippen LogP contribution in [0.25, 0.3) is 11.4 Å². The van der Waals surface area contributed by atoms with Crippen LogP contribution in [0.4, 0.5) is 4.39 Å². The Morgan fingerprint density at radius 1 is 1.14 bits per heavy atom. The molecule has 108 valence electrons. The average molecular weight is 311 g/mol. The molecule has 0 spiro atoms. The Morgan fingerprint density at radius 3 is 2.73 bits per heavy atom. The maximum Gasteiger partial charge on any atom is 0.197 e. The third-order valence-corrected chi connectivity index (χ3v) is 3.96. The van der Waals surface area contributed by atoms with Crippen LogP contribution in [-0.4, -0.2) is 19.7 Å². The van der Waals surface area contributed by atoms with Gasteiger partial charge in [-0.05, 0) is 36.0 Å². The average Bonchev–Trinajstić information content (AvgIpc) is 2.89. The van der Waals surface area contributed by atoms with Gasteiger partial charge in [-0.15, -0.1) is 10.2 Å². The van der Waals surface area contributed by atoms with Crippen molar-refractivity contribution >= 4 is 11.8 Å². The zero-order chi connectivity index (χ0) is 15.5. The number of benzene rings is 1. The van der Waals surface area contributed by atoms with Gasteiger partial charge in [0.15, 0.2) is 11.0 Å². The highest BCUT2D eigenvalue weighted by atomic mass is 32.2. The molecular formula is C15H10FN5S. The van der Waals surface area contributed by atoms with Gasteiger partial charge in [-0.2, -0.15) is 5.26 Å². The van der Waals surface area contributed by atoms with Crippen LogP contribution >= 0.6 is 11.8 Å². The van der Waals surface area contributed by atoms with Crippen LogP contribution in [0.5, 0.6) is 0 Å². The Morgan fingerprint density at radius 2 is 1.95 bits per heavy atom. The number of pyridine rings is 1. The fraction of sp³-hybridized carbons (Fsp3) is 0.0667. The van der Waals surface area contributed by atoms with Crippen molar-refractivity contribution in [3.63, 3.8) is 0 Å². The van der Waals surface area contributed by atoms with E-state index in [1.54, 1.807) is 48.0 Å². The molecule has 0 aliphatic heterocycles. The minimum absolute atomic E-state index is 0.335. The molecule has 0 saturated carbocycles. The Labute approximate surface area is 130 Å². The molecule has 0 amide bonds. The van der Waals surface area contributed by atoms with Gasteiger partial charge in [0.05, 0.1) is 5.56 Å². The van der Waals surface area contributed by atoms with E-state index in [1.807, 2.05) is 6.07 Å². The lowest BCUT2D eigenvalue weighted by molar-refractivity contribution is 0.628. The number of halogens is 1. The van der Waals surface area contributed by atoms with Crippen molar-refractivity contribution in [2.24, 2.45) is 7.05 Å². The molecule has 3 rings (SSSR count). The molecule has 0 aliphatic rings. The lowest BCUT2D eigenvalue weighted by atomic mass is 10.2. The van der Waals surface area contributed by atoms with Gasteiger partial charge >= 0.3 is 0 Å². The number of hydrogen-bond donors (Lipinski definition) is 0. The summed E-state index contributed by atoms with van der Waals surface area (Å²) in [4.78, 5) is 4.17. The monoisotopic (exact) mass is 311 g/mol. The van der Waals surface area contributed by atoms with Crippen LogP contribution in [0.15, 0.2) is 52.6 Å². The first-order valence-electron chi connectivity index (χ1n) is 6.38. The van der Waals surface area contributed by atoms with Crippen LogP contribution in [0, 0.1) is 17.1 Å². The molecule has 0 atom stereocenters. The van der Waals surface area contributed by atoms with Crippen molar-refractivity contribution in [3.05, 3.63) is 54.0 Å². The van der Waals surface area contributed by atoms with Crippen molar-refractivity contribution in [1.29, 1.82) is 5.26 Å². The normalized spacial score (nSPS) is 10.4. The molecule has 0 aliphatic carbocycles. The van der Waals surface area contributed by atoms with Gasteiger partial charge in [0, 0.05) is 7.05 Å². The smallest absolute Gasteiger partial charge is 0.197 e. The van der Waals surface area contributed by atoms with E-state index in [0.717, 1.165) is 0 Å². The first-order chi connectivity index (χ1) is 10.7. The van der Waals surface area contributed by atoms with Crippen LogP contribution in [0.2, 0.25) is 0 Å². The highest BCUT2D eigenvalue weighted by Crippen LogP contribution is 2.28. The molecule has 2 aromatic heterocycles. The molecule has 2 heterocycles. The summed E-state index contributed by atoms with van der Waals surface area (Å²) in [5, 5.41) is 18.2. The molecule has 22 heavy (non-hydrogen) atoms. The molecule has 0 radical (unpaired) electrons. The third kappa shape index (κ3) is 2.69. The third-order valence-electron chi connectivity index (χ3n) is 2.98. The zero-order valence-corrected chi connectivity index (χ0v) is 12.4. The Bertz CT molecular complexity index is 868. The molecule has 0 unspecified atom stereocenters. The fourth-order valence-electron chi connectivity index (χ4n) is 1.91. The number of hydrogen-bond acceptors (Lipinski definition) is 5. The predicted octanol–water partition coefficient (Wildman–Crippen LogP) is 3.04. The summed E-state index contributed by atoms with van der Waals surface area (Å²) in [6.45, 7) is 0. The summed E-state index contributed by atoms with van der Waals surface area (Å²) in [6.07, 6.45) is 0. The summed E-state index contributed by atoms with van der Waals surface area (Å²) in [6, 6.07) is 13.6. The lowest BCUT2D eigenvalue weighted by Gasteiger charge is -2.04. The summed E-state index contributed by atoms with van der Waals surface area (Å²) in [7, 11) is 1.76. The minimum atomic E-state index is -0.348. The van der Waals surface area contributed by atoms with E-state index < -0.39 is 0 Å². The molecule has 0 saturated heterocycles. The van der Waals surface area contributed by atoms with Crippen LogP contribution in [0.3, 0.4) is 0 Å². The van der Waals surface area contributed by atoms with E-state index in [9.17, 15) is 4.39 Å². The van der Waals surface area contributed by atoms with Gasteiger partial charge in [-0.1, -0.05) is 18.2 Å². The molecule has 0 fully saturated rings. The quantitative estimate of drug-likeness (QED) is 0.743.